The predicted molar refractivity (Wildman–Crippen MR) is 71.2 cm³/mol. The normalized spacial score (nSPS) is 17.0. The minimum atomic E-state index is -4.22. The second-order valence-electron chi connectivity index (χ2n) is 5.20. The number of hydrogen-bond acceptors (Lipinski definition) is 3. The van der Waals surface area contributed by atoms with Gasteiger partial charge in [0.1, 0.15) is 5.75 Å². The standard InChI is InChI=1S/C14H17F3N2O2/c1-10-2-3-11(12(20)8-10)13(21)19-6-4-18(5-7-19)9-14(15,16)17/h2-3,8,20H,4-7,9H2,1H3. The number of aromatic hydroxyl groups is 1. The Hall–Kier alpha value is -1.76. The first-order chi connectivity index (χ1) is 9.76. The number of phenols is 1. The molecule has 2 rings (SSSR count). The molecule has 1 aromatic rings. The van der Waals surface area contributed by atoms with Crippen LogP contribution in [0.4, 0.5) is 13.2 Å². The van der Waals surface area contributed by atoms with Crippen LogP contribution < -0.4 is 0 Å². The molecule has 21 heavy (non-hydrogen) atoms. The molecule has 7 heteroatoms. The van der Waals surface area contributed by atoms with Gasteiger partial charge in [-0.25, -0.2) is 0 Å². The Kier molecular flexibility index (Phi) is 4.41. The Bertz CT molecular complexity index is 523. The molecule has 0 aromatic heterocycles. The number of halogens is 3. The number of piperazine rings is 1. The van der Waals surface area contributed by atoms with Gasteiger partial charge in [0.05, 0.1) is 12.1 Å². The summed E-state index contributed by atoms with van der Waals surface area (Å²) in [6.45, 7) is 1.65. The Morgan fingerprint density at radius 1 is 1.24 bits per heavy atom. The number of benzene rings is 1. The van der Waals surface area contributed by atoms with Gasteiger partial charge in [-0.2, -0.15) is 13.2 Å². The third kappa shape index (κ3) is 4.10. The van der Waals surface area contributed by atoms with Crippen LogP contribution in [0.3, 0.4) is 0 Å². The van der Waals surface area contributed by atoms with Gasteiger partial charge in [0.25, 0.3) is 5.91 Å². The van der Waals surface area contributed by atoms with Crippen LogP contribution in [0, 0.1) is 6.92 Å². The molecule has 0 aliphatic carbocycles. The third-order valence-corrected chi connectivity index (χ3v) is 3.45. The molecule has 4 nitrogen and oxygen atoms in total. The van der Waals surface area contributed by atoms with E-state index in [9.17, 15) is 23.1 Å². The SMILES string of the molecule is Cc1ccc(C(=O)N2CCN(CC(F)(F)F)CC2)c(O)c1. The first kappa shape index (κ1) is 15.6. The van der Waals surface area contributed by atoms with Crippen molar-refractivity contribution in [3.05, 3.63) is 29.3 Å². The maximum Gasteiger partial charge on any atom is 0.401 e. The minimum Gasteiger partial charge on any atom is -0.507 e. The average molecular weight is 302 g/mol. The number of rotatable bonds is 2. The van der Waals surface area contributed by atoms with E-state index in [0.29, 0.717) is 0 Å². The molecule has 0 saturated carbocycles. The van der Waals surface area contributed by atoms with E-state index in [4.69, 9.17) is 0 Å². The molecule has 1 saturated heterocycles. The summed E-state index contributed by atoms with van der Waals surface area (Å²) in [5.41, 5.74) is 1.02. The highest BCUT2D eigenvalue weighted by atomic mass is 19.4. The molecule has 0 atom stereocenters. The number of alkyl halides is 3. The molecule has 1 fully saturated rings. The second-order valence-corrected chi connectivity index (χ2v) is 5.20. The van der Waals surface area contributed by atoms with Crippen molar-refractivity contribution in [3.63, 3.8) is 0 Å². The van der Waals surface area contributed by atoms with Crippen molar-refractivity contribution in [2.45, 2.75) is 13.1 Å². The molecule has 1 aliphatic rings. The Labute approximate surface area is 120 Å². The molecule has 0 unspecified atom stereocenters. The summed E-state index contributed by atoms with van der Waals surface area (Å²) < 4.78 is 36.9. The fraction of sp³-hybridized carbons (Fsp3) is 0.500. The zero-order valence-corrected chi connectivity index (χ0v) is 11.7. The van der Waals surface area contributed by atoms with Crippen molar-refractivity contribution in [2.75, 3.05) is 32.7 Å². The van der Waals surface area contributed by atoms with Gasteiger partial charge in [-0.15, -0.1) is 0 Å². The predicted octanol–water partition coefficient (Wildman–Crippen LogP) is 2.02. The van der Waals surface area contributed by atoms with Crippen LogP contribution in [0.1, 0.15) is 15.9 Å². The number of carbonyl (C=O) groups excluding carboxylic acids is 1. The maximum atomic E-state index is 12.3. The van der Waals surface area contributed by atoms with Gasteiger partial charge in [-0.05, 0) is 24.6 Å². The quantitative estimate of drug-likeness (QED) is 0.909. The van der Waals surface area contributed by atoms with Crippen molar-refractivity contribution < 1.29 is 23.1 Å². The fourth-order valence-electron chi connectivity index (χ4n) is 2.36. The third-order valence-electron chi connectivity index (χ3n) is 3.45. The summed E-state index contributed by atoms with van der Waals surface area (Å²) in [4.78, 5) is 15.0. The Morgan fingerprint density at radius 3 is 2.38 bits per heavy atom. The lowest BCUT2D eigenvalue weighted by molar-refractivity contribution is -0.148. The number of hydrogen-bond donors (Lipinski definition) is 1. The van der Waals surface area contributed by atoms with E-state index in [1.165, 1.54) is 21.9 Å². The lowest BCUT2D eigenvalue weighted by Gasteiger charge is -2.35. The van der Waals surface area contributed by atoms with Crippen LogP contribution in [0.5, 0.6) is 5.75 Å². The molecule has 1 aromatic carbocycles. The van der Waals surface area contributed by atoms with E-state index in [-0.39, 0.29) is 43.4 Å². The van der Waals surface area contributed by atoms with E-state index in [2.05, 4.69) is 0 Å². The van der Waals surface area contributed by atoms with Gasteiger partial charge in [0.2, 0.25) is 0 Å². The van der Waals surface area contributed by atoms with Gasteiger partial charge >= 0.3 is 6.18 Å². The average Bonchev–Trinajstić information content (AvgIpc) is 2.37. The molecule has 1 N–H and O–H groups in total. The summed E-state index contributed by atoms with van der Waals surface area (Å²) in [7, 11) is 0. The van der Waals surface area contributed by atoms with Crippen LogP contribution in [-0.2, 0) is 0 Å². The lowest BCUT2D eigenvalue weighted by Crippen LogP contribution is -2.50. The molecule has 116 valence electrons. The van der Waals surface area contributed by atoms with Crippen molar-refractivity contribution in [2.24, 2.45) is 0 Å². The van der Waals surface area contributed by atoms with Gasteiger partial charge in [0.15, 0.2) is 0 Å². The largest absolute Gasteiger partial charge is 0.507 e. The molecule has 1 amide bonds. The maximum absolute atomic E-state index is 12.3. The zero-order chi connectivity index (χ0) is 15.6. The topological polar surface area (TPSA) is 43.8 Å². The summed E-state index contributed by atoms with van der Waals surface area (Å²) in [6, 6.07) is 4.75. The fourth-order valence-corrected chi connectivity index (χ4v) is 2.36. The molecular weight excluding hydrogens is 285 g/mol. The van der Waals surface area contributed by atoms with Crippen LogP contribution in [0.2, 0.25) is 0 Å². The van der Waals surface area contributed by atoms with Crippen molar-refractivity contribution in [1.82, 2.24) is 9.80 Å². The number of nitrogens with zero attached hydrogens (tertiary/aromatic N) is 2. The first-order valence-corrected chi connectivity index (χ1v) is 6.64. The number of aryl methyl sites for hydroxylation is 1. The van der Waals surface area contributed by atoms with E-state index in [0.717, 1.165) is 5.56 Å². The van der Waals surface area contributed by atoms with Crippen LogP contribution in [0.25, 0.3) is 0 Å². The van der Waals surface area contributed by atoms with Crippen molar-refractivity contribution in [1.29, 1.82) is 0 Å². The number of carbonyl (C=O) groups is 1. The molecule has 0 spiro atoms. The van der Waals surface area contributed by atoms with E-state index >= 15 is 0 Å². The van der Waals surface area contributed by atoms with E-state index in [1.807, 2.05) is 0 Å². The molecule has 0 radical (unpaired) electrons. The number of phenolic OH excluding ortho intramolecular Hbond substituents is 1. The molecule has 1 aliphatic heterocycles. The minimum absolute atomic E-state index is 0.0993. The summed E-state index contributed by atoms with van der Waals surface area (Å²) in [6.07, 6.45) is -4.22. The van der Waals surface area contributed by atoms with Crippen LogP contribution >= 0.6 is 0 Å². The van der Waals surface area contributed by atoms with Gasteiger partial charge in [0, 0.05) is 26.2 Å². The van der Waals surface area contributed by atoms with Crippen LogP contribution in [0.15, 0.2) is 18.2 Å². The summed E-state index contributed by atoms with van der Waals surface area (Å²) in [5, 5.41) is 9.79. The monoisotopic (exact) mass is 302 g/mol. The second kappa shape index (κ2) is 5.93. The first-order valence-electron chi connectivity index (χ1n) is 6.64. The van der Waals surface area contributed by atoms with E-state index < -0.39 is 12.7 Å². The van der Waals surface area contributed by atoms with Gasteiger partial charge in [-0.3, -0.25) is 9.69 Å². The highest BCUT2D eigenvalue weighted by Crippen LogP contribution is 2.22. The van der Waals surface area contributed by atoms with Gasteiger partial charge < -0.3 is 10.0 Å². The zero-order valence-electron chi connectivity index (χ0n) is 11.7. The molecule has 0 bridgehead atoms. The van der Waals surface area contributed by atoms with E-state index in [1.54, 1.807) is 13.0 Å². The van der Waals surface area contributed by atoms with Crippen molar-refractivity contribution in [3.8, 4) is 5.75 Å². The summed E-state index contributed by atoms with van der Waals surface area (Å²) in [5.74, 6) is -0.447. The number of amides is 1. The molecular formula is C14H17F3N2O2. The highest BCUT2D eigenvalue weighted by molar-refractivity contribution is 5.97. The van der Waals surface area contributed by atoms with Gasteiger partial charge in [-0.1, -0.05) is 6.07 Å². The van der Waals surface area contributed by atoms with Crippen molar-refractivity contribution >= 4 is 5.91 Å². The Morgan fingerprint density at radius 2 is 1.86 bits per heavy atom. The molecule has 1 heterocycles. The smallest absolute Gasteiger partial charge is 0.401 e. The summed E-state index contributed by atoms with van der Waals surface area (Å²) >= 11 is 0. The Balaban J connectivity index is 1.97. The highest BCUT2D eigenvalue weighted by Gasteiger charge is 2.33. The van der Waals surface area contributed by atoms with Crippen LogP contribution in [-0.4, -0.2) is 59.7 Å². The lowest BCUT2D eigenvalue weighted by atomic mass is 10.1.